The summed E-state index contributed by atoms with van der Waals surface area (Å²) in [7, 11) is -11.8. The van der Waals surface area contributed by atoms with Gasteiger partial charge < -0.3 is 0 Å². The highest BCUT2D eigenvalue weighted by molar-refractivity contribution is 7.93. The predicted octanol–water partition coefficient (Wildman–Crippen LogP) is 1.34. The minimum atomic E-state index is -6.11. The van der Waals surface area contributed by atoms with Gasteiger partial charge in [-0.2, -0.15) is 38.6 Å². The van der Waals surface area contributed by atoms with Crippen LogP contribution in [0.5, 0.6) is 0 Å². The summed E-state index contributed by atoms with van der Waals surface area (Å²) in [4.78, 5) is 0. The smallest absolute Gasteiger partial charge is 0.213 e. The van der Waals surface area contributed by atoms with Gasteiger partial charge in [0.1, 0.15) is 0 Å². The van der Waals surface area contributed by atoms with E-state index >= 15 is 0 Å². The summed E-state index contributed by atoms with van der Waals surface area (Å²) < 4.78 is 118. The molecule has 1 rings (SSSR count). The fourth-order valence-electron chi connectivity index (χ4n) is 2.11. The van der Waals surface area contributed by atoms with Crippen LogP contribution in [-0.2, 0) is 19.9 Å². The first-order valence-corrected chi connectivity index (χ1v) is 8.04. The number of hydrogen-bond acceptors (Lipinski definition) is 4. The van der Waals surface area contributed by atoms with Gasteiger partial charge in [0.25, 0.3) is 0 Å². The van der Waals surface area contributed by atoms with Crippen LogP contribution in [0.1, 0.15) is 12.8 Å². The molecule has 0 aromatic rings. The molecule has 0 bridgehead atoms. The van der Waals surface area contributed by atoms with Gasteiger partial charge in [0.2, 0.25) is 5.37 Å². The number of sulfonamides is 1. The van der Waals surface area contributed by atoms with E-state index in [4.69, 9.17) is 0 Å². The highest BCUT2D eigenvalue weighted by Crippen LogP contribution is 2.43. The van der Waals surface area contributed by atoms with E-state index in [0.717, 1.165) is 0 Å². The number of nitrogens with zero attached hydrogens (tertiary/aromatic N) is 1. The van der Waals surface area contributed by atoms with Crippen LogP contribution < -0.4 is 0 Å². The molecule has 0 N–H and O–H groups in total. The van der Waals surface area contributed by atoms with Crippen LogP contribution in [0.2, 0.25) is 0 Å². The Hall–Kier alpha value is -0.560. The second kappa shape index (κ2) is 4.47. The SMILES string of the molecule is C[N+]1(S(=O)(=O)C(F)(F)F)CCCC1S(=O)(=O)C(F)(F)F. The van der Waals surface area contributed by atoms with Gasteiger partial charge in [0.15, 0.2) is 0 Å². The number of halogens is 6. The molecule has 2 atom stereocenters. The number of hydrogen-bond donors (Lipinski definition) is 0. The monoisotopic (exact) mass is 350 g/mol. The quantitative estimate of drug-likeness (QED) is 0.557. The standard InChI is InChI=1S/C7H10F6NO4S2/c1-14(20(17,18)7(11,12)13)4-2-3-5(14)19(15,16)6(8,9)10/h5H,2-4H2,1H3/q+1. The largest absolute Gasteiger partial charge is 0.549 e. The molecule has 5 nitrogen and oxygen atoms in total. The van der Waals surface area contributed by atoms with Crippen LogP contribution in [0, 0.1) is 0 Å². The van der Waals surface area contributed by atoms with Crippen molar-refractivity contribution >= 4 is 19.9 Å². The van der Waals surface area contributed by atoms with Gasteiger partial charge in [0, 0.05) is 12.8 Å². The molecule has 1 heterocycles. The summed E-state index contributed by atoms with van der Waals surface area (Å²) in [5, 5.41) is -2.71. The number of rotatable bonds is 2. The van der Waals surface area contributed by atoms with Crippen LogP contribution >= 0.6 is 0 Å². The summed E-state index contributed by atoms with van der Waals surface area (Å²) in [6.07, 6.45) is -1.20. The number of sulfone groups is 1. The lowest BCUT2D eigenvalue weighted by atomic mass is 10.4. The fourth-order valence-corrected chi connectivity index (χ4v) is 5.53. The third kappa shape index (κ3) is 2.28. The first-order chi connectivity index (χ1) is 8.59. The average molecular weight is 350 g/mol. The molecule has 0 saturated carbocycles. The molecule has 1 saturated heterocycles. The summed E-state index contributed by atoms with van der Waals surface area (Å²) in [6, 6.07) is 0. The molecule has 2 unspecified atom stereocenters. The molecule has 0 radical (unpaired) electrons. The molecular formula is C7H10F6NO4S2+. The van der Waals surface area contributed by atoms with Crippen molar-refractivity contribution in [3.63, 3.8) is 0 Å². The van der Waals surface area contributed by atoms with Crippen molar-refractivity contribution in [1.82, 2.24) is 0 Å². The summed E-state index contributed by atoms with van der Waals surface area (Å²) in [5.74, 6) is 0. The normalized spacial score (nSPS) is 29.6. The molecule has 120 valence electrons. The lowest BCUT2D eigenvalue weighted by Crippen LogP contribution is -2.61. The summed E-state index contributed by atoms with van der Waals surface area (Å²) in [6.45, 7) is -0.859. The molecule has 1 aliphatic rings. The molecule has 0 aliphatic carbocycles. The molecular weight excluding hydrogens is 340 g/mol. The second-order valence-electron chi connectivity index (χ2n) is 4.41. The van der Waals surface area contributed by atoms with Crippen molar-refractivity contribution in [1.29, 1.82) is 0 Å². The molecule has 1 fully saturated rings. The van der Waals surface area contributed by atoms with E-state index in [1.807, 2.05) is 0 Å². The molecule has 1 aliphatic heterocycles. The van der Waals surface area contributed by atoms with Crippen LogP contribution in [0.4, 0.5) is 26.3 Å². The van der Waals surface area contributed by atoms with E-state index in [9.17, 15) is 43.2 Å². The number of alkyl halides is 6. The second-order valence-corrected chi connectivity index (χ2v) is 8.75. The molecule has 20 heavy (non-hydrogen) atoms. The minimum absolute atomic E-state index is 0.337. The lowest BCUT2D eigenvalue weighted by Gasteiger charge is -2.34. The Bertz CT molecular complexity index is 592. The minimum Gasteiger partial charge on any atom is -0.213 e. The molecule has 0 spiro atoms. The summed E-state index contributed by atoms with van der Waals surface area (Å²) in [5.41, 5.74) is -11.7. The van der Waals surface area contributed by atoms with E-state index in [-0.39, 0.29) is 6.42 Å². The maximum atomic E-state index is 12.5. The Kier molecular flexibility index (Phi) is 3.91. The Morgan fingerprint density at radius 2 is 1.40 bits per heavy atom. The van der Waals surface area contributed by atoms with Crippen molar-refractivity contribution in [2.45, 2.75) is 29.2 Å². The van der Waals surface area contributed by atoms with E-state index in [0.29, 0.717) is 7.05 Å². The third-order valence-electron chi connectivity index (χ3n) is 3.18. The highest BCUT2D eigenvalue weighted by atomic mass is 32.2. The van der Waals surface area contributed by atoms with Crippen LogP contribution in [-0.4, -0.2) is 50.7 Å². The molecule has 0 aromatic heterocycles. The fraction of sp³-hybridized carbons (Fsp3) is 1.00. The average Bonchev–Trinajstić information content (AvgIpc) is 2.58. The van der Waals surface area contributed by atoms with Gasteiger partial charge >= 0.3 is 30.9 Å². The lowest BCUT2D eigenvalue weighted by molar-refractivity contribution is -0.785. The highest BCUT2D eigenvalue weighted by Gasteiger charge is 2.69. The van der Waals surface area contributed by atoms with Gasteiger partial charge in [0.05, 0.1) is 13.6 Å². The van der Waals surface area contributed by atoms with Gasteiger partial charge in [-0.3, -0.25) is 0 Å². The zero-order chi connectivity index (χ0) is 16.2. The third-order valence-corrected chi connectivity index (χ3v) is 7.50. The predicted molar refractivity (Wildman–Crippen MR) is 54.0 cm³/mol. The van der Waals surface area contributed by atoms with E-state index in [2.05, 4.69) is 0 Å². The number of likely N-dealkylation sites (tertiary alicyclic amines) is 1. The Labute approximate surface area is 110 Å². The van der Waals surface area contributed by atoms with Gasteiger partial charge in [-0.05, 0) is 0 Å². The first kappa shape index (κ1) is 17.5. The first-order valence-electron chi connectivity index (χ1n) is 5.06. The van der Waals surface area contributed by atoms with Crippen LogP contribution in [0.25, 0.3) is 0 Å². The van der Waals surface area contributed by atoms with Crippen molar-refractivity contribution in [2.75, 3.05) is 13.6 Å². The van der Waals surface area contributed by atoms with Gasteiger partial charge in [-0.15, -0.1) is 0 Å². The van der Waals surface area contributed by atoms with Crippen molar-refractivity contribution in [2.24, 2.45) is 0 Å². The topological polar surface area (TPSA) is 68.3 Å². The summed E-state index contributed by atoms with van der Waals surface area (Å²) >= 11 is 0. The Morgan fingerprint density at radius 3 is 1.75 bits per heavy atom. The van der Waals surface area contributed by atoms with Crippen molar-refractivity contribution < 1.29 is 47.1 Å². The molecule has 13 heteroatoms. The zero-order valence-corrected chi connectivity index (χ0v) is 11.5. The van der Waals surface area contributed by atoms with Gasteiger partial charge in [-0.25, -0.2) is 8.42 Å². The van der Waals surface area contributed by atoms with E-state index in [1.165, 1.54) is 0 Å². The maximum Gasteiger partial charge on any atom is 0.549 e. The van der Waals surface area contributed by atoms with Gasteiger partial charge in [-0.1, -0.05) is 0 Å². The maximum absolute atomic E-state index is 12.5. The van der Waals surface area contributed by atoms with Crippen molar-refractivity contribution in [3.05, 3.63) is 0 Å². The number of quaternary nitrogens is 1. The van der Waals surface area contributed by atoms with Crippen LogP contribution in [0.15, 0.2) is 0 Å². The Morgan fingerprint density at radius 1 is 0.950 bits per heavy atom. The van der Waals surface area contributed by atoms with E-state index in [1.54, 1.807) is 0 Å². The zero-order valence-electron chi connectivity index (χ0n) is 9.86. The molecule has 0 amide bonds. The van der Waals surface area contributed by atoms with E-state index < -0.39 is 53.1 Å². The molecule has 0 aromatic carbocycles. The van der Waals surface area contributed by atoms with Crippen LogP contribution in [0.3, 0.4) is 0 Å². The Balaban J connectivity index is 3.48. The van der Waals surface area contributed by atoms with Crippen molar-refractivity contribution in [3.8, 4) is 0 Å².